The van der Waals surface area contributed by atoms with E-state index in [2.05, 4.69) is 31.9 Å². The summed E-state index contributed by atoms with van der Waals surface area (Å²) >= 11 is 6.29. The number of hydrogen-bond acceptors (Lipinski definition) is 3. The topological polar surface area (TPSA) is 52.4 Å². The summed E-state index contributed by atoms with van der Waals surface area (Å²) in [6.45, 7) is 1.81. The lowest BCUT2D eigenvalue weighted by molar-refractivity contribution is -0.385. The number of ether oxygens (including phenoxy) is 1. The van der Waals surface area contributed by atoms with E-state index in [1.807, 2.05) is 19.1 Å². The van der Waals surface area contributed by atoms with Crippen molar-refractivity contribution in [3.8, 4) is 11.5 Å². The third-order valence-corrected chi connectivity index (χ3v) is 3.67. The van der Waals surface area contributed by atoms with E-state index in [1.54, 1.807) is 6.07 Å². The molecule has 2 aromatic rings. The number of nitro benzene ring substituents is 1. The number of nitro groups is 1. The van der Waals surface area contributed by atoms with E-state index in [-0.39, 0.29) is 10.2 Å². The Kier molecular flexibility index (Phi) is 4.39. The van der Waals surface area contributed by atoms with Crippen LogP contribution in [0.4, 0.5) is 10.1 Å². The maximum absolute atomic E-state index is 13.4. The van der Waals surface area contributed by atoms with Gasteiger partial charge in [0.15, 0.2) is 0 Å². The molecule has 0 saturated heterocycles. The SMILES string of the molecule is Cc1ccc(Br)cc1Oc1cc(Br)c(F)cc1[N+](=O)[O-]. The van der Waals surface area contributed by atoms with E-state index < -0.39 is 16.4 Å². The smallest absolute Gasteiger partial charge is 0.314 e. The average molecular weight is 405 g/mol. The minimum Gasteiger partial charge on any atom is -0.450 e. The van der Waals surface area contributed by atoms with Gasteiger partial charge in [-0.15, -0.1) is 0 Å². The van der Waals surface area contributed by atoms with Crippen LogP contribution in [0.2, 0.25) is 0 Å². The van der Waals surface area contributed by atoms with Crippen molar-refractivity contribution >= 4 is 37.5 Å². The normalized spacial score (nSPS) is 10.4. The lowest BCUT2D eigenvalue weighted by atomic mass is 10.2. The zero-order valence-corrected chi connectivity index (χ0v) is 13.4. The molecule has 0 spiro atoms. The van der Waals surface area contributed by atoms with Gasteiger partial charge in [0.1, 0.15) is 11.6 Å². The predicted molar refractivity (Wildman–Crippen MR) is 79.7 cm³/mol. The molecule has 0 fully saturated rings. The first-order chi connectivity index (χ1) is 9.38. The van der Waals surface area contributed by atoms with Crippen molar-refractivity contribution in [1.29, 1.82) is 0 Å². The van der Waals surface area contributed by atoms with Crippen LogP contribution in [0.1, 0.15) is 5.56 Å². The molecule has 2 aromatic carbocycles. The van der Waals surface area contributed by atoms with Crippen LogP contribution in [0.3, 0.4) is 0 Å². The standard InChI is InChI=1S/C13H8Br2FNO3/c1-7-2-3-8(14)4-12(7)20-13-5-9(15)10(16)6-11(13)17(18)19/h2-6H,1H3. The number of benzene rings is 2. The van der Waals surface area contributed by atoms with E-state index in [4.69, 9.17) is 4.74 Å². The summed E-state index contributed by atoms with van der Waals surface area (Å²) in [4.78, 5) is 10.3. The monoisotopic (exact) mass is 403 g/mol. The fourth-order valence-electron chi connectivity index (χ4n) is 1.54. The Morgan fingerprint density at radius 3 is 2.55 bits per heavy atom. The van der Waals surface area contributed by atoms with E-state index in [0.717, 1.165) is 16.1 Å². The Bertz CT molecular complexity index is 692. The Morgan fingerprint density at radius 1 is 1.20 bits per heavy atom. The highest BCUT2D eigenvalue weighted by atomic mass is 79.9. The van der Waals surface area contributed by atoms with Gasteiger partial charge in [0.2, 0.25) is 5.75 Å². The molecule has 7 heteroatoms. The summed E-state index contributed by atoms with van der Waals surface area (Å²) in [5, 5.41) is 11.0. The highest BCUT2D eigenvalue weighted by Crippen LogP contribution is 2.37. The van der Waals surface area contributed by atoms with Gasteiger partial charge in [0.05, 0.1) is 15.5 Å². The van der Waals surface area contributed by atoms with Crippen LogP contribution in [0.15, 0.2) is 39.3 Å². The quantitative estimate of drug-likeness (QED) is 0.511. The largest absolute Gasteiger partial charge is 0.450 e. The van der Waals surface area contributed by atoms with E-state index >= 15 is 0 Å². The van der Waals surface area contributed by atoms with Gasteiger partial charge in [-0.1, -0.05) is 22.0 Å². The lowest BCUT2D eigenvalue weighted by Gasteiger charge is -2.10. The molecule has 0 N–H and O–H groups in total. The summed E-state index contributed by atoms with van der Waals surface area (Å²) in [7, 11) is 0. The molecule has 104 valence electrons. The van der Waals surface area contributed by atoms with Gasteiger partial charge in [0, 0.05) is 10.5 Å². The van der Waals surface area contributed by atoms with Crippen molar-refractivity contribution < 1.29 is 14.1 Å². The molecule has 0 atom stereocenters. The van der Waals surface area contributed by atoms with E-state index in [1.165, 1.54) is 6.07 Å². The van der Waals surface area contributed by atoms with Gasteiger partial charge in [-0.25, -0.2) is 4.39 Å². The first kappa shape index (κ1) is 14.9. The molecule has 0 bridgehead atoms. The minimum absolute atomic E-state index is 0.0236. The number of aryl methyl sites for hydroxylation is 1. The van der Waals surface area contributed by atoms with Crippen LogP contribution < -0.4 is 4.74 Å². The summed E-state index contributed by atoms with van der Waals surface area (Å²) in [5.74, 6) is -0.277. The molecule has 0 aromatic heterocycles. The second-order valence-corrected chi connectivity index (χ2v) is 5.77. The maximum Gasteiger partial charge on any atom is 0.314 e. The van der Waals surface area contributed by atoms with Crippen molar-refractivity contribution in [2.75, 3.05) is 0 Å². The molecule has 0 aliphatic heterocycles. The fourth-order valence-corrected chi connectivity index (χ4v) is 2.21. The molecular weight excluding hydrogens is 397 g/mol. The lowest BCUT2D eigenvalue weighted by Crippen LogP contribution is -1.96. The second kappa shape index (κ2) is 5.88. The van der Waals surface area contributed by atoms with Gasteiger partial charge in [0.25, 0.3) is 0 Å². The molecule has 0 heterocycles. The summed E-state index contributed by atoms with van der Waals surface area (Å²) in [6, 6.07) is 7.40. The maximum atomic E-state index is 13.4. The number of nitrogens with zero attached hydrogens (tertiary/aromatic N) is 1. The van der Waals surface area contributed by atoms with Crippen molar-refractivity contribution in [3.05, 3.63) is 60.8 Å². The zero-order chi connectivity index (χ0) is 14.9. The van der Waals surface area contributed by atoms with Gasteiger partial charge >= 0.3 is 5.69 Å². The second-order valence-electron chi connectivity index (χ2n) is 4.00. The fraction of sp³-hybridized carbons (Fsp3) is 0.0769. The number of rotatable bonds is 3. The average Bonchev–Trinajstić information content (AvgIpc) is 2.37. The molecule has 2 rings (SSSR count). The number of hydrogen-bond donors (Lipinski definition) is 0. The first-order valence-electron chi connectivity index (χ1n) is 5.46. The Morgan fingerprint density at radius 2 is 1.90 bits per heavy atom. The first-order valence-corrected chi connectivity index (χ1v) is 7.04. The van der Waals surface area contributed by atoms with Crippen LogP contribution in [-0.4, -0.2) is 4.92 Å². The van der Waals surface area contributed by atoms with Crippen LogP contribution in [-0.2, 0) is 0 Å². The third-order valence-electron chi connectivity index (χ3n) is 2.57. The van der Waals surface area contributed by atoms with Crippen molar-refractivity contribution in [1.82, 2.24) is 0 Å². The minimum atomic E-state index is -0.713. The van der Waals surface area contributed by atoms with Gasteiger partial charge in [-0.05, 0) is 40.5 Å². The number of halogens is 3. The molecule has 0 aliphatic carbocycles. The molecule has 0 aliphatic rings. The van der Waals surface area contributed by atoms with Gasteiger partial charge in [-0.3, -0.25) is 10.1 Å². The molecule has 0 radical (unpaired) electrons. The molecule has 0 unspecified atom stereocenters. The van der Waals surface area contributed by atoms with Gasteiger partial charge < -0.3 is 4.74 Å². The summed E-state index contributed by atoms with van der Waals surface area (Å²) < 4.78 is 19.8. The zero-order valence-electron chi connectivity index (χ0n) is 10.2. The predicted octanol–water partition coefficient (Wildman–Crippen LogP) is 5.36. The van der Waals surface area contributed by atoms with E-state index in [9.17, 15) is 14.5 Å². The van der Waals surface area contributed by atoms with Crippen LogP contribution in [0.5, 0.6) is 11.5 Å². The Hall–Kier alpha value is -1.47. The molecule has 4 nitrogen and oxygen atoms in total. The Balaban J connectivity index is 2.50. The highest BCUT2D eigenvalue weighted by Gasteiger charge is 2.20. The van der Waals surface area contributed by atoms with Crippen LogP contribution in [0.25, 0.3) is 0 Å². The summed E-state index contributed by atoms with van der Waals surface area (Å²) in [5.41, 5.74) is 0.382. The summed E-state index contributed by atoms with van der Waals surface area (Å²) in [6.07, 6.45) is 0. The van der Waals surface area contributed by atoms with E-state index in [0.29, 0.717) is 5.75 Å². The third kappa shape index (κ3) is 3.16. The van der Waals surface area contributed by atoms with Gasteiger partial charge in [-0.2, -0.15) is 0 Å². The van der Waals surface area contributed by atoms with Crippen LogP contribution in [0, 0.1) is 22.9 Å². The molecule has 20 heavy (non-hydrogen) atoms. The van der Waals surface area contributed by atoms with Crippen molar-refractivity contribution in [3.63, 3.8) is 0 Å². The molecular formula is C13H8Br2FNO3. The highest BCUT2D eigenvalue weighted by molar-refractivity contribution is 9.10. The molecule has 0 saturated carbocycles. The molecule has 0 amide bonds. The van der Waals surface area contributed by atoms with Crippen molar-refractivity contribution in [2.24, 2.45) is 0 Å². The Labute approximate surface area is 131 Å². The van der Waals surface area contributed by atoms with Crippen LogP contribution >= 0.6 is 31.9 Å². The van der Waals surface area contributed by atoms with Crippen molar-refractivity contribution in [2.45, 2.75) is 6.92 Å².